The maximum absolute atomic E-state index is 12.1. The zero-order chi connectivity index (χ0) is 13.0. The molecule has 0 aliphatic heterocycles. The van der Waals surface area contributed by atoms with Crippen LogP contribution in [0.3, 0.4) is 0 Å². The normalized spacial score (nSPS) is 11.3. The molecule has 2 aromatic rings. The molecule has 0 bridgehead atoms. The SMILES string of the molecule is COc1ccc([CH-]S(=O)c2ccc(C)cc2)cc1.[Cu+]. The predicted octanol–water partition coefficient (Wildman–Crippen LogP) is 3.32. The molecule has 1 unspecified atom stereocenters. The van der Waals surface area contributed by atoms with Crippen LogP contribution in [0.15, 0.2) is 53.4 Å². The third-order valence-corrected chi connectivity index (χ3v) is 3.84. The first kappa shape index (κ1) is 15.8. The van der Waals surface area contributed by atoms with Gasteiger partial charge in [0.05, 0.1) is 12.9 Å². The fraction of sp³-hybridized carbons (Fsp3) is 0.133. The van der Waals surface area contributed by atoms with E-state index in [0.29, 0.717) is 0 Å². The van der Waals surface area contributed by atoms with Gasteiger partial charge in [0.25, 0.3) is 0 Å². The van der Waals surface area contributed by atoms with Crippen LogP contribution < -0.4 is 4.74 Å². The molecular formula is C15H15CuO2S. The maximum atomic E-state index is 12.1. The van der Waals surface area contributed by atoms with Gasteiger partial charge in [0, 0.05) is 15.7 Å². The van der Waals surface area contributed by atoms with Crippen molar-refractivity contribution in [3.8, 4) is 5.75 Å². The molecule has 0 N–H and O–H groups in total. The van der Waals surface area contributed by atoms with E-state index in [1.807, 2.05) is 55.5 Å². The first-order chi connectivity index (χ1) is 8.69. The van der Waals surface area contributed by atoms with Gasteiger partial charge >= 0.3 is 17.1 Å². The van der Waals surface area contributed by atoms with Gasteiger partial charge in [-0.05, 0) is 19.1 Å². The average Bonchev–Trinajstić information content (AvgIpc) is 2.40. The van der Waals surface area contributed by atoms with Crippen molar-refractivity contribution in [1.82, 2.24) is 0 Å². The molecule has 19 heavy (non-hydrogen) atoms. The molecule has 0 aromatic heterocycles. The molecule has 0 heterocycles. The number of ether oxygens (including phenoxy) is 1. The molecule has 0 spiro atoms. The first-order valence-electron chi connectivity index (χ1n) is 5.65. The van der Waals surface area contributed by atoms with Crippen LogP contribution >= 0.6 is 0 Å². The van der Waals surface area contributed by atoms with Gasteiger partial charge in [-0.2, -0.15) is 17.7 Å². The van der Waals surface area contributed by atoms with Gasteiger partial charge in [0.1, 0.15) is 0 Å². The number of hydrogen-bond donors (Lipinski definition) is 0. The molecule has 2 rings (SSSR count). The smallest absolute Gasteiger partial charge is 0.499 e. The molecule has 0 radical (unpaired) electrons. The minimum absolute atomic E-state index is 0. The second-order valence-corrected chi connectivity index (χ2v) is 5.30. The summed E-state index contributed by atoms with van der Waals surface area (Å²) in [6, 6.07) is 15.2. The molecular weight excluding hydrogens is 308 g/mol. The van der Waals surface area contributed by atoms with Crippen LogP contribution in [0.2, 0.25) is 0 Å². The summed E-state index contributed by atoms with van der Waals surface area (Å²) in [6.07, 6.45) is 0. The van der Waals surface area contributed by atoms with Crippen LogP contribution in [0.4, 0.5) is 0 Å². The standard InChI is InChI=1S/C15H15O2S.Cu/c1-12-3-9-15(10-4-12)18(16)11-13-5-7-14(17-2)8-6-13;/h3-11H,1-2H3;/q-1;+1. The molecule has 0 saturated carbocycles. The van der Waals surface area contributed by atoms with Gasteiger partial charge in [-0.15, -0.1) is 0 Å². The molecule has 0 amide bonds. The number of rotatable bonds is 4. The summed E-state index contributed by atoms with van der Waals surface area (Å²) in [5.74, 6) is 2.54. The monoisotopic (exact) mass is 322 g/mol. The summed E-state index contributed by atoms with van der Waals surface area (Å²) >= 11 is 0. The third kappa shape index (κ3) is 4.43. The molecule has 0 saturated heterocycles. The van der Waals surface area contributed by atoms with E-state index in [4.69, 9.17) is 4.74 Å². The Labute approximate surface area is 127 Å². The average molecular weight is 323 g/mol. The Morgan fingerprint density at radius 2 is 1.58 bits per heavy atom. The van der Waals surface area contributed by atoms with Gasteiger partial charge < -0.3 is 4.74 Å². The summed E-state index contributed by atoms with van der Waals surface area (Å²) in [5, 5.41) is 0. The van der Waals surface area contributed by atoms with Crippen molar-refractivity contribution in [3.05, 3.63) is 65.4 Å². The van der Waals surface area contributed by atoms with Crippen molar-refractivity contribution in [2.45, 2.75) is 11.8 Å². The van der Waals surface area contributed by atoms with E-state index in [0.717, 1.165) is 16.2 Å². The fourth-order valence-electron chi connectivity index (χ4n) is 1.55. The Balaban J connectivity index is 0.00000180. The quantitative estimate of drug-likeness (QED) is 0.637. The van der Waals surface area contributed by atoms with Crippen LogP contribution in [0, 0.1) is 12.7 Å². The Morgan fingerprint density at radius 1 is 1.00 bits per heavy atom. The summed E-state index contributed by atoms with van der Waals surface area (Å²) in [4.78, 5) is 0.816. The maximum Gasteiger partial charge on any atom is 1.00 e. The van der Waals surface area contributed by atoms with Crippen LogP contribution in [-0.4, -0.2) is 11.3 Å². The Kier molecular flexibility index (Phi) is 6.16. The Bertz CT molecular complexity index is 535. The van der Waals surface area contributed by atoms with E-state index < -0.39 is 10.8 Å². The van der Waals surface area contributed by atoms with Crippen LogP contribution in [0.1, 0.15) is 11.1 Å². The number of benzene rings is 2. The third-order valence-electron chi connectivity index (χ3n) is 2.61. The predicted molar refractivity (Wildman–Crippen MR) is 74.0 cm³/mol. The molecule has 1 atom stereocenters. The van der Waals surface area contributed by atoms with Crippen molar-refractivity contribution in [2.24, 2.45) is 0 Å². The van der Waals surface area contributed by atoms with Gasteiger partial charge in [0.2, 0.25) is 0 Å². The molecule has 4 heteroatoms. The van der Waals surface area contributed by atoms with Gasteiger partial charge in [-0.3, -0.25) is 4.21 Å². The van der Waals surface area contributed by atoms with Crippen molar-refractivity contribution < 1.29 is 26.0 Å². The molecule has 0 aliphatic carbocycles. The first-order valence-corrected chi connectivity index (χ1v) is 6.86. The summed E-state index contributed by atoms with van der Waals surface area (Å²) in [5.41, 5.74) is 2.09. The minimum atomic E-state index is -1.12. The molecule has 2 aromatic carbocycles. The zero-order valence-corrected chi connectivity index (χ0v) is 12.5. The summed E-state index contributed by atoms with van der Waals surface area (Å²) in [6.45, 7) is 2.01. The molecule has 0 aliphatic rings. The molecule has 0 fully saturated rings. The zero-order valence-electron chi connectivity index (χ0n) is 10.7. The largest absolute Gasteiger partial charge is 1.00 e. The van der Waals surface area contributed by atoms with Crippen LogP contribution in [0.5, 0.6) is 5.75 Å². The van der Waals surface area contributed by atoms with E-state index >= 15 is 0 Å². The Hall–Kier alpha value is -1.22. The van der Waals surface area contributed by atoms with Crippen molar-refractivity contribution in [3.63, 3.8) is 0 Å². The number of methoxy groups -OCH3 is 1. The van der Waals surface area contributed by atoms with E-state index in [1.165, 1.54) is 5.56 Å². The molecule has 2 nitrogen and oxygen atoms in total. The topological polar surface area (TPSA) is 26.3 Å². The van der Waals surface area contributed by atoms with Crippen molar-refractivity contribution in [1.29, 1.82) is 0 Å². The Morgan fingerprint density at radius 3 is 2.11 bits per heavy atom. The van der Waals surface area contributed by atoms with Crippen LogP contribution in [0.25, 0.3) is 0 Å². The second-order valence-electron chi connectivity index (χ2n) is 4.00. The van der Waals surface area contributed by atoms with Gasteiger partial charge in [-0.1, -0.05) is 35.6 Å². The summed E-state index contributed by atoms with van der Waals surface area (Å²) in [7, 11) is 0.511. The van der Waals surface area contributed by atoms with Crippen molar-refractivity contribution >= 4 is 10.8 Å². The van der Waals surface area contributed by atoms with E-state index in [-0.39, 0.29) is 17.1 Å². The van der Waals surface area contributed by atoms with E-state index in [2.05, 4.69) is 0 Å². The van der Waals surface area contributed by atoms with Crippen LogP contribution in [-0.2, 0) is 27.9 Å². The van der Waals surface area contributed by atoms with Crippen molar-refractivity contribution in [2.75, 3.05) is 7.11 Å². The summed E-state index contributed by atoms with van der Waals surface area (Å²) < 4.78 is 17.2. The van der Waals surface area contributed by atoms with E-state index in [1.54, 1.807) is 12.9 Å². The minimum Gasteiger partial charge on any atom is -0.499 e. The van der Waals surface area contributed by atoms with Gasteiger partial charge in [0.15, 0.2) is 0 Å². The van der Waals surface area contributed by atoms with E-state index in [9.17, 15) is 4.21 Å². The molecule has 104 valence electrons. The number of hydrogen-bond acceptors (Lipinski definition) is 2. The fourth-order valence-corrected chi connectivity index (χ4v) is 2.49. The number of aryl methyl sites for hydroxylation is 1. The second kappa shape index (κ2) is 7.39. The van der Waals surface area contributed by atoms with Gasteiger partial charge in [-0.25, -0.2) is 0 Å².